The van der Waals surface area contributed by atoms with Crippen molar-refractivity contribution in [2.45, 2.75) is 64.0 Å². The van der Waals surface area contributed by atoms with Crippen molar-refractivity contribution in [1.29, 1.82) is 0 Å². The number of likely N-dealkylation sites (tertiary alicyclic amines) is 1. The lowest BCUT2D eigenvalue weighted by Crippen LogP contribution is -2.47. The number of benzene rings is 1. The van der Waals surface area contributed by atoms with Crippen LogP contribution in [0.25, 0.3) is 11.0 Å². The highest BCUT2D eigenvalue weighted by atomic mass is 19.3. The molecule has 3 aliphatic rings. The van der Waals surface area contributed by atoms with Gasteiger partial charge in [0.25, 0.3) is 0 Å². The van der Waals surface area contributed by atoms with E-state index in [9.17, 15) is 28.3 Å². The molecule has 1 aromatic carbocycles. The zero-order chi connectivity index (χ0) is 30.9. The molecule has 11 nitrogen and oxygen atoms in total. The number of aromatic nitrogens is 2. The summed E-state index contributed by atoms with van der Waals surface area (Å²) in [4.78, 5) is 46.7. The minimum Gasteiger partial charge on any atom is -0.497 e. The molecule has 6 atom stereocenters. The number of nitrogens with zero attached hydrogens (tertiary/aromatic N) is 3. The van der Waals surface area contributed by atoms with Crippen LogP contribution in [0.1, 0.15) is 51.6 Å². The molecule has 43 heavy (non-hydrogen) atoms. The Bertz CT molecular complexity index is 1380. The van der Waals surface area contributed by atoms with E-state index in [1.54, 1.807) is 6.07 Å². The predicted molar refractivity (Wildman–Crippen MR) is 150 cm³/mol. The van der Waals surface area contributed by atoms with Gasteiger partial charge in [-0.25, -0.2) is 14.8 Å². The number of alkyl carbamates (subject to hydrolysis) is 1. The maximum Gasteiger partial charge on any atom is 0.407 e. The van der Waals surface area contributed by atoms with E-state index in [-0.39, 0.29) is 47.7 Å². The topological polar surface area (TPSA) is 140 Å². The van der Waals surface area contributed by atoms with Crippen molar-refractivity contribution in [1.82, 2.24) is 20.2 Å². The maximum absolute atomic E-state index is 15.0. The van der Waals surface area contributed by atoms with Crippen molar-refractivity contribution >= 4 is 28.8 Å². The van der Waals surface area contributed by atoms with E-state index in [0.29, 0.717) is 37.0 Å². The Morgan fingerprint density at radius 3 is 2.70 bits per heavy atom. The summed E-state index contributed by atoms with van der Waals surface area (Å²) in [6.45, 7) is 2.69. The molecule has 1 saturated heterocycles. The number of halogens is 2. The van der Waals surface area contributed by atoms with Gasteiger partial charge in [-0.1, -0.05) is 13.3 Å². The van der Waals surface area contributed by atoms with E-state index in [2.05, 4.69) is 15.3 Å². The molecule has 2 amide bonds. The molecule has 0 spiro atoms. The first kappa shape index (κ1) is 30.8. The van der Waals surface area contributed by atoms with Crippen LogP contribution in [0.4, 0.5) is 13.6 Å². The molecule has 3 unspecified atom stereocenters. The van der Waals surface area contributed by atoms with Crippen LogP contribution in [-0.2, 0) is 25.0 Å². The molecule has 1 aromatic heterocycles. The third-order valence-electron chi connectivity index (χ3n) is 9.04. The third kappa shape index (κ3) is 6.66. The molecule has 2 saturated carbocycles. The van der Waals surface area contributed by atoms with E-state index in [1.165, 1.54) is 31.1 Å². The second-order valence-corrected chi connectivity index (χ2v) is 11.8. The summed E-state index contributed by atoms with van der Waals surface area (Å²) in [5.41, 5.74) is -0.462. The van der Waals surface area contributed by atoms with Crippen LogP contribution in [-0.4, -0.2) is 83.3 Å². The van der Waals surface area contributed by atoms with Crippen molar-refractivity contribution in [3.05, 3.63) is 23.9 Å². The standard InChI is InChI=1S/C30H38F2N4O7/c1-4-17-7-9-36(26(17)16(2)37)25(38)14-33-29(40)43-24-12-18-11-21(18)20(24)8-10-42-15-30(31,32)27-28(39)35-23-13-19(41-3)5-6-22(23)34-27/h5-6,13,17-18,20-21,24,26H,4,7-12,14-15H2,1-3H3,(H,33,40)(H,35,39)/t17-,18?,20-,21?,24?,26-/m1/s1. The second kappa shape index (κ2) is 12.6. The van der Waals surface area contributed by atoms with Gasteiger partial charge in [-0.05, 0) is 62.5 Å². The number of rotatable bonds is 12. The van der Waals surface area contributed by atoms with Gasteiger partial charge in [0.1, 0.15) is 25.0 Å². The van der Waals surface area contributed by atoms with Gasteiger partial charge in [-0.2, -0.15) is 8.78 Å². The number of hydrogen-bond donors (Lipinski definition) is 2. The van der Waals surface area contributed by atoms with Gasteiger partial charge in [-0.3, -0.25) is 9.59 Å². The lowest BCUT2D eigenvalue weighted by molar-refractivity contribution is -0.137. The number of amides is 2. The van der Waals surface area contributed by atoms with Crippen molar-refractivity contribution in [2.75, 3.05) is 33.4 Å². The number of alkyl halides is 2. The van der Waals surface area contributed by atoms with Crippen LogP contribution in [0.2, 0.25) is 0 Å². The van der Waals surface area contributed by atoms with Crippen LogP contribution < -0.4 is 10.1 Å². The Kier molecular flexibility index (Phi) is 9.00. The fourth-order valence-electron chi connectivity index (χ4n) is 6.78. The van der Waals surface area contributed by atoms with Crippen LogP contribution in [0.5, 0.6) is 11.6 Å². The number of nitrogens with one attached hydrogen (secondary N) is 1. The fraction of sp³-hybridized carbons (Fsp3) is 0.633. The van der Waals surface area contributed by atoms with Crippen LogP contribution >= 0.6 is 0 Å². The highest BCUT2D eigenvalue weighted by Crippen LogP contribution is 2.57. The highest BCUT2D eigenvalue weighted by molar-refractivity contribution is 5.90. The van der Waals surface area contributed by atoms with Crippen molar-refractivity contribution < 1.29 is 42.5 Å². The van der Waals surface area contributed by atoms with Gasteiger partial charge in [0.05, 0.1) is 24.2 Å². The Balaban J connectivity index is 1.09. The maximum atomic E-state index is 15.0. The first-order valence-corrected chi connectivity index (χ1v) is 14.8. The number of ether oxygens (including phenoxy) is 3. The van der Waals surface area contributed by atoms with E-state index < -0.39 is 42.3 Å². The van der Waals surface area contributed by atoms with E-state index >= 15 is 0 Å². The Morgan fingerprint density at radius 1 is 1.19 bits per heavy atom. The smallest absolute Gasteiger partial charge is 0.407 e. The number of ketones is 1. The number of hydrogen-bond acceptors (Lipinski definition) is 9. The quantitative estimate of drug-likeness (QED) is 0.346. The average Bonchev–Trinajstić information content (AvgIpc) is 3.44. The minimum atomic E-state index is -3.58. The first-order valence-electron chi connectivity index (χ1n) is 14.8. The van der Waals surface area contributed by atoms with E-state index in [4.69, 9.17) is 14.2 Å². The summed E-state index contributed by atoms with van der Waals surface area (Å²) in [6.07, 6.45) is 2.51. The zero-order valence-corrected chi connectivity index (χ0v) is 24.6. The number of Topliss-reactive ketones (excluding diaryl/α,β-unsaturated/α-hetero) is 1. The third-order valence-corrected chi connectivity index (χ3v) is 9.04. The minimum absolute atomic E-state index is 0.00238. The van der Waals surface area contributed by atoms with Gasteiger partial charge in [0, 0.05) is 25.1 Å². The van der Waals surface area contributed by atoms with Crippen molar-refractivity contribution in [3.8, 4) is 11.6 Å². The normalized spacial score (nSPS) is 26.3. The van der Waals surface area contributed by atoms with Crippen LogP contribution in [0, 0.1) is 23.7 Å². The molecular formula is C30H38F2N4O7. The molecule has 234 valence electrons. The summed E-state index contributed by atoms with van der Waals surface area (Å²) in [6, 6.07) is 4.07. The van der Waals surface area contributed by atoms with Gasteiger partial charge in [0.15, 0.2) is 11.5 Å². The lowest BCUT2D eigenvalue weighted by atomic mass is 9.95. The second-order valence-electron chi connectivity index (χ2n) is 11.8. The van der Waals surface area contributed by atoms with Crippen molar-refractivity contribution in [3.63, 3.8) is 0 Å². The molecule has 2 N–H and O–H groups in total. The largest absolute Gasteiger partial charge is 0.497 e. The molecular weight excluding hydrogens is 566 g/mol. The summed E-state index contributed by atoms with van der Waals surface area (Å²) >= 11 is 0. The molecule has 13 heteroatoms. The number of carbonyl (C=O) groups is 3. The van der Waals surface area contributed by atoms with Gasteiger partial charge in [-0.15, -0.1) is 0 Å². The van der Waals surface area contributed by atoms with Gasteiger partial charge in [0.2, 0.25) is 11.8 Å². The molecule has 5 rings (SSSR count). The van der Waals surface area contributed by atoms with E-state index in [1.807, 2.05) is 6.92 Å². The fourth-order valence-corrected chi connectivity index (χ4v) is 6.78. The molecule has 2 heterocycles. The monoisotopic (exact) mass is 604 g/mol. The molecule has 1 aliphatic heterocycles. The van der Waals surface area contributed by atoms with E-state index in [0.717, 1.165) is 19.3 Å². The summed E-state index contributed by atoms with van der Waals surface area (Å²) < 4.78 is 46.0. The van der Waals surface area contributed by atoms with Gasteiger partial charge >= 0.3 is 12.0 Å². The van der Waals surface area contributed by atoms with Gasteiger partial charge < -0.3 is 29.5 Å². The molecule has 2 aromatic rings. The van der Waals surface area contributed by atoms with Crippen LogP contribution in [0.15, 0.2) is 18.2 Å². The Labute approximate surface area is 248 Å². The zero-order valence-electron chi connectivity index (χ0n) is 24.6. The average molecular weight is 605 g/mol. The van der Waals surface area contributed by atoms with Crippen molar-refractivity contribution in [2.24, 2.45) is 23.7 Å². The summed E-state index contributed by atoms with van der Waals surface area (Å²) in [5, 5.41) is 12.7. The highest BCUT2D eigenvalue weighted by Gasteiger charge is 2.54. The van der Waals surface area contributed by atoms with Crippen LogP contribution in [0.3, 0.4) is 0 Å². The Hall–Kier alpha value is -3.61. The SMILES string of the molecule is CC[C@@H]1CCN(C(=O)CNC(=O)OC2CC3CC3[C@H]2CCOCC(F)(F)c2nc3ccc(OC)cc3nc2O)[C@@H]1C(C)=O. The predicted octanol–water partition coefficient (Wildman–Crippen LogP) is 3.81. The summed E-state index contributed by atoms with van der Waals surface area (Å²) in [5.74, 6) is -3.56. The number of fused-ring (bicyclic) bond motifs is 2. The number of carbonyl (C=O) groups excluding carboxylic acids is 3. The molecule has 3 fully saturated rings. The Morgan fingerprint density at radius 2 is 1.98 bits per heavy atom. The first-order chi connectivity index (χ1) is 20.5. The molecule has 0 radical (unpaired) electrons. The summed E-state index contributed by atoms with van der Waals surface area (Å²) in [7, 11) is 1.46. The molecule has 2 aliphatic carbocycles. The number of aromatic hydroxyl groups is 1. The molecule has 0 bridgehead atoms. The lowest BCUT2D eigenvalue weighted by Gasteiger charge is -2.26. The number of methoxy groups -OCH3 is 1.